The van der Waals surface area contributed by atoms with Crippen molar-refractivity contribution in [1.29, 1.82) is 5.26 Å². The molecule has 0 aromatic carbocycles. The number of carbonyl (C=O) groups is 1. The van der Waals surface area contributed by atoms with Crippen molar-refractivity contribution in [2.75, 3.05) is 18.9 Å². The number of nitriles is 1. The number of thiophene rings is 2. The minimum absolute atomic E-state index is 0.0563. The molecule has 0 saturated heterocycles. The summed E-state index contributed by atoms with van der Waals surface area (Å²) in [5.74, 6) is -0.0563. The molecule has 4 nitrogen and oxygen atoms in total. The molecule has 1 amide bonds. The van der Waals surface area contributed by atoms with E-state index in [0.717, 1.165) is 36.4 Å². The van der Waals surface area contributed by atoms with Crippen molar-refractivity contribution in [2.45, 2.75) is 32.2 Å². The van der Waals surface area contributed by atoms with E-state index in [4.69, 9.17) is 0 Å². The van der Waals surface area contributed by atoms with E-state index in [0.29, 0.717) is 12.1 Å². The van der Waals surface area contributed by atoms with E-state index in [9.17, 15) is 10.1 Å². The molecule has 1 aliphatic rings. The zero-order chi connectivity index (χ0) is 16.2. The number of rotatable bonds is 5. The highest BCUT2D eigenvalue weighted by molar-refractivity contribution is 7.16. The van der Waals surface area contributed by atoms with Gasteiger partial charge in [-0.3, -0.25) is 9.69 Å². The first-order valence-electron chi connectivity index (χ1n) is 7.73. The summed E-state index contributed by atoms with van der Waals surface area (Å²) in [6.07, 6.45) is 4.30. The minimum atomic E-state index is -0.0563. The molecule has 0 atom stereocenters. The number of hydrogen-bond acceptors (Lipinski definition) is 5. The van der Waals surface area contributed by atoms with E-state index in [1.165, 1.54) is 16.2 Å². The second-order valence-corrected chi connectivity index (χ2v) is 7.96. The van der Waals surface area contributed by atoms with Crippen LogP contribution in [0.4, 0.5) is 5.00 Å². The summed E-state index contributed by atoms with van der Waals surface area (Å²) in [7, 11) is 1.93. The standard InChI is InChI=1S/C17H19N3OS2/c1-20(10-12-5-4-8-22-12)11-16(21)19-17-14(9-18)13-6-2-3-7-15(13)23-17/h4-5,8H,2-3,6-7,10-11H2,1H3,(H,19,21). The van der Waals surface area contributed by atoms with Gasteiger partial charge >= 0.3 is 0 Å². The van der Waals surface area contributed by atoms with Crippen LogP contribution in [-0.4, -0.2) is 24.4 Å². The van der Waals surface area contributed by atoms with Crippen LogP contribution < -0.4 is 5.32 Å². The Morgan fingerprint density at radius 1 is 1.43 bits per heavy atom. The van der Waals surface area contributed by atoms with Crippen molar-refractivity contribution in [1.82, 2.24) is 4.90 Å². The molecule has 6 heteroatoms. The molecule has 2 aromatic heterocycles. The zero-order valence-corrected chi connectivity index (χ0v) is 14.7. The monoisotopic (exact) mass is 345 g/mol. The number of anilines is 1. The summed E-state index contributed by atoms with van der Waals surface area (Å²) in [6, 6.07) is 6.37. The van der Waals surface area contributed by atoms with Crippen molar-refractivity contribution in [2.24, 2.45) is 0 Å². The van der Waals surface area contributed by atoms with Crippen molar-refractivity contribution in [3.63, 3.8) is 0 Å². The van der Waals surface area contributed by atoms with Gasteiger partial charge < -0.3 is 5.32 Å². The Kier molecular flexibility index (Phi) is 5.11. The topological polar surface area (TPSA) is 56.1 Å². The molecule has 1 aliphatic carbocycles. The third-order valence-electron chi connectivity index (χ3n) is 3.96. The van der Waals surface area contributed by atoms with E-state index in [2.05, 4.69) is 17.5 Å². The molecule has 2 heterocycles. The van der Waals surface area contributed by atoms with Gasteiger partial charge in [0, 0.05) is 16.3 Å². The fraction of sp³-hybridized carbons (Fsp3) is 0.412. The Morgan fingerprint density at radius 3 is 3.00 bits per heavy atom. The van der Waals surface area contributed by atoms with Crippen molar-refractivity contribution in [3.05, 3.63) is 38.4 Å². The lowest BCUT2D eigenvalue weighted by Gasteiger charge is -2.14. The molecular weight excluding hydrogens is 326 g/mol. The molecule has 0 radical (unpaired) electrons. The highest BCUT2D eigenvalue weighted by Crippen LogP contribution is 2.37. The quantitative estimate of drug-likeness (QED) is 0.900. The van der Waals surface area contributed by atoms with Crippen LogP contribution in [0.15, 0.2) is 17.5 Å². The third-order valence-corrected chi connectivity index (χ3v) is 6.02. The first-order chi connectivity index (χ1) is 11.2. The van der Waals surface area contributed by atoms with Crippen LogP contribution in [0.3, 0.4) is 0 Å². The molecule has 0 saturated carbocycles. The van der Waals surface area contributed by atoms with Crippen LogP contribution in [0.5, 0.6) is 0 Å². The average Bonchev–Trinajstić information content (AvgIpc) is 3.13. The fourth-order valence-electron chi connectivity index (χ4n) is 2.91. The van der Waals surface area contributed by atoms with E-state index >= 15 is 0 Å². The van der Waals surface area contributed by atoms with Crippen LogP contribution in [0.25, 0.3) is 0 Å². The summed E-state index contributed by atoms with van der Waals surface area (Å²) in [5, 5.41) is 15.1. The van der Waals surface area contributed by atoms with E-state index in [-0.39, 0.29) is 5.91 Å². The van der Waals surface area contributed by atoms with Crippen LogP contribution in [0.2, 0.25) is 0 Å². The Balaban J connectivity index is 1.64. The number of nitrogens with one attached hydrogen (secondary N) is 1. The number of nitrogens with zero attached hydrogens (tertiary/aromatic N) is 2. The molecule has 0 bridgehead atoms. The van der Waals surface area contributed by atoms with Gasteiger partial charge in [0.2, 0.25) is 5.91 Å². The van der Waals surface area contributed by atoms with Crippen molar-refractivity contribution in [3.8, 4) is 6.07 Å². The second-order valence-electron chi connectivity index (χ2n) is 5.83. The smallest absolute Gasteiger partial charge is 0.239 e. The lowest BCUT2D eigenvalue weighted by atomic mass is 9.96. The predicted molar refractivity (Wildman–Crippen MR) is 95.0 cm³/mol. The minimum Gasteiger partial charge on any atom is -0.315 e. The van der Waals surface area contributed by atoms with Gasteiger partial charge in [-0.15, -0.1) is 22.7 Å². The van der Waals surface area contributed by atoms with Crippen molar-refractivity contribution >= 4 is 33.6 Å². The second kappa shape index (κ2) is 7.26. The maximum atomic E-state index is 12.3. The van der Waals surface area contributed by atoms with Gasteiger partial charge in [0.15, 0.2) is 0 Å². The Hall–Kier alpha value is -1.68. The SMILES string of the molecule is CN(CC(=O)Nc1sc2c(c1C#N)CCCC2)Cc1cccs1. The summed E-state index contributed by atoms with van der Waals surface area (Å²) in [5.41, 5.74) is 1.84. The van der Waals surface area contributed by atoms with Crippen LogP contribution in [0.1, 0.15) is 33.7 Å². The fourth-order valence-corrected chi connectivity index (χ4v) is 4.95. The molecule has 23 heavy (non-hydrogen) atoms. The van der Waals surface area contributed by atoms with Gasteiger partial charge in [-0.05, 0) is 49.7 Å². The van der Waals surface area contributed by atoms with Gasteiger partial charge in [0.1, 0.15) is 11.1 Å². The summed E-state index contributed by atoms with van der Waals surface area (Å²) in [4.78, 5) is 16.8. The molecule has 2 aromatic rings. The molecule has 120 valence electrons. The number of hydrogen-bond donors (Lipinski definition) is 1. The zero-order valence-electron chi connectivity index (χ0n) is 13.1. The Morgan fingerprint density at radius 2 is 2.26 bits per heavy atom. The average molecular weight is 345 g/mol. The third kappa shape index (κ3) is 3.81. The van der Waals surface area contributed by atoms with Crippen LogP contribution >= 0.6 is 22.7 Å². The summed E-state index contributed by atoms with van der Waals surface area (Å²) >= 11 is 3.27. The van der Waals surface area contributed by atoms with E-state index in [1.807, 2.05) is 23.4 Å². The van der Waals surface area contributed by atoms with Gasteiger partial charge in [-0.1, -0.05) is 6.07 Å². The van der Waals surface area contributed by atoms with Crippen LogP contribution in [0, 0.1) is 11.3 Å². The molecule has 0 unspecified atom stereocenters. The predicted octanol–water partition coefficient (Wildman–Crippen LogP) is 3.63. The largest absolute Gasteiger partial charge is 0.315 e. The highest BCUT2D eigenvalue weighted by Gasteiger charge is 2.22. The van der Waals surface area contributed by atoms with Gasteiger partial charge in [0.25, 0.3) is 0 Å². The Labute approximate surface area is 144 Å². The van der Waals surface area contributed by atoms with E-state index < -0.39 is 0 Å². The Bertz CT molecular complexity index is 728. The molecule has 3 rings (SSSR count). The summed E-state index contributed by atoms with van der Waals surface area (Å²) in [6.45, 7) is 1.09. The normalized spacial score (nSPS) is 13.6. The van der Waals surface area contributed by atoms with Crippen molar-refractivity contribution < 1.29 is 4.79 Å². The maximum absolute atomic E-state index is 12.3. The number of likely N-dealkylation sites (N-methyl/N-ethyl adjacent to an activating group) is 1. The number of aryl methyl sites for hydroxylation is 1. The van der Waals surface area contributed by atoms with Gasteiger partial charge in [0.05, 0.1) is 12.1 Å². The molecule has 0 aliphatic heterocycles. The lowest BCUT2D eigenvalue weighted by Crippen LogP contribution is -2.29. The molecule has 1 N–H and O–H groups in total. The first-order valence-corrected chi connectivity index (χ1v) is 9.42. The lowest BCUT2D eigenvalue weighted by molar-refractivity contribution is -0.117. The molecular formula is C17H19N3OS2. The number of fused-ring (bicyclic) bond motifs is 1. The first kappa shape index (κ1) is 16.2. The number of amides is 1. The summed E-state index contributed by atoms with van der Waals surface area (Å²) < 4.78 is 0. The van der Waals surface area contributed by atoms with Crippen LogP contribution in [-0.2, 0) is 24.2 Å². The molecule has 0 fully saturated rings. The molecule has 0 spiro atoms. The maximum Gasteiger partial charge on any atom is 0.239 e. The highest BCUT2D eigenvalue weighted by atomic mass is 32.1. The van der Waals surface area contributed by atoms with E-state index in [1.54, 1.807) is 22.7 Å². The van der Waals surface area contributed by atoms with Gasteiger partial charge in [-0.25, -0.2) is 0 Å². The number of carbonyl (C=O) groups excluding carboxylic acids is 1. The van der Waals surface area contributed by atoms with Gasteiger partial charge in [-0.2, -0.15) is 5.26 Å².